The predicted molar refractivity (Wildman–Crippen MR) is 67.1 cm³/mol. The number of hydrogen-bond acceptors (Lipinski definition) is 5. The standard InChI is InChI=1S/C12H15N3OS/c1-13-9-5-2-4-8(9)11-14-12(16-15-11)10-6-3-7-17-10/h3,6-9,13H,2,4-5H2,1H3/t8-,9-/m1/s1. The molecule has 17 heavy (non-hydrogen) atoms. The van der Waals surface area contributed by atoms with Gasteiger partial charge in [-0.1, -0.05) is 17.6 Å². The molecule has 1 aliphatic carbocycles. The van der Waals surface area contributed by atoms with Crippen molar-refractivity contribution in [3.8, 4) is 10.8 Å². The van der Waals surface area contributed by atoms with Crippen molar-refractivity contribution >= 4 is 11.3 Å². The van der Waals surface area contributed by atoms with E-state index in [2.05, 4.69) is 15.5 Å². The minimum atomic E-state index is 0.400. The average molecular weight is 249 g/mol. The summed E-state index contributed by atoms with van der Waals surface area (Å²) in [4.78, 5) is 5.57. The second kappa shape index (κ2) is 4.58. The molecule has 0 aliphatic heterocycles. The van der Waals surface area contributed by atoms with Gasteiger partial charge >= 0.3 is 0 Å². The van der Waals surface area contributed by atoms with Crippen LogP contribution in [0.4, 0.5) is 0 Å². The summed E-state index contributed by atoms with van der Waals surface area (Å²) in [6.45, 7) is 0. The topological polar surface area (TPSA) is 51.0 Å². The van der Waals surface area contributed by atoms with Gasteiger partial charge in [-0.25, -0.2) is 0 Å². The first-order chi connectivity index (χ1) is 8.38. The number of aromatic nitrogens is 2. The van der Waals surface area contributed by atoms with Crippen LogP contribution in [0.1, 0.15) is 31.0 Å². The first-order valence-corrected chi connectivity index (χ1v) is 6.81. The van der Waals surface area contributed by atoms with E-state index in [1.807, 2.05) is 24.6 Å². The van der Waals surface area contributed by atoms with Gasteiger partial charge in [0, 0.05) is 12.0 Å². The molecule has 0 bridgehead atoms. The van der Waals surface area contributed by atoms with Crippen LogP contribution in [0.3, 0.4) is 0 Å². The molecule has 0 saturated heterocycles. The fourth-order valence-corrected chi connectivity index (χ4v) is 3.15. The largest absolute Gasteiger partial charge is 0.333 e. The number of nitrogens with one attached hydrogen (secondary N) is 1. The Kier molecular flexibility index (Phi) is 2.94. The Morgan fingerprint density at radius 3 is 3.18 bits per heavy atom. The van der Waals surface area contributed by atoms with Crippen LogP contribution in [0.15, 0.2) is 22.0 Å². The van der Waals surface area contributed by atoms with Crippen molar-refractivity contribution < 1.29 is 4.52 Å². The van der Waals surface area contributed by atoms with Crippen LogP contribution in [-0.2, 0) is 0 Å². The van der Waals surface area contributed by atoms with E-state index in [1.165, 1.54) is 12.8 Å². The zero-order chi connectivity index (χ0) is 11.7. The van der Waals surface area contributed by atoms with Crippen molar-refractivity contribution in [2.75, 3.05) is 7.05 Å². The van der Waals surface area contributed by atoms with Gasteiger partial charge in [-0.15, -0.1) is 11.3 Å². The third-order valence-corrected chi connectivity index (χ3v) is 4.25. The molecule has 3 rings (SSSR count). The van der Waals surface area contributed by atoms with Crippen molar-refractivity contribution in [2.45, 2.75) is 31.2 Å². The second-order valence-corrected chi connectivity index (χ2v) is 5.32. The SMILES string of the molecule is CN[C@@H]1CCC[C@H]1c1noc(-c2cccs2)n1. The lowest BCUT2D eigenvalue weighted by molar-refractivity contribution is 0.406. The molecule has 1 N–H and O–H groups in total. The molecule has 2 atom stereocenters. The van der Waals surface area contributed by atoms with E-state index < -0.39 is 0 Å². The highest BCUT2D eigenvalue weighted by Gasteiger charge is 2.31. The van der Waals surface area contributed by atoms with Crippen LogP contribution in [0.25, 0.3) is 10.8 Å². The summed E-state index contributed by atoms with van der Waals surface area (Å²) in [5.74, 6) is 1.90. The maximum absolute atomic E-state index is 5.34. The molecule has 90 valence electrons. The van der Waals surface area contributed by atoms with Gasteiger partial charge in [0.05, 0.1) is 4.88 Å². The molecule has 1 aliphatic rings. The summed E-state index contributed by atoms with van der Waals surface area (Å²) in [7, 11) is 2.00. The van der Waals surface area contributed by atoms with Gasteiger partial charge in [-0.05, 0) is 31.3 Å². The number of nitrogens with zero attached hydrogens (tertiary/aromatic N) is 2. The Morgan fingerprint density at radius 1 is 1.47 bits per heavy atom. The molecule has 0 amide bonds. The van der Waals surface area contributed by atoms with E-state index in [9.17, 15) is 0 Å². The minimum absolute atomic E-state index is 0.400. The van der Waals surface area contributed by atoms with E-state index in [0.29, 0.717) is 17.9 Å². The van der Waals surface area contributed by atoms with Crippen LogP contribution in [0.5, 0.6) is 0 Å². The summed E-state index contributed by atoms with van der Waals surface area (Å²) in [5.41, 5.74) is 0. The number of hydrogen-bond donors (Lipinski definition) is 1. The Balaban J connectivity index is 1.85. The molecule has 4 nitrogen and oxygen atoms in total. The van der Waals surface area contributed by atoms with Gasteiger partial charge in [0.2, 0.25) is 0 Å². The Bertz CT molecular complexity index is 480. The smallest absolute Gasteiger partial charge is 0.267 e. The first kappa shape index (κ1) is 10.9. The molecule has 2 aromatic rings. The van der Waals surface area contributed by atoms with E-state index in [0.717, 1.165) is 17.1 Å². The van der Waals surface area contributed by atoms with Gasteiger partial charge in [0.25, 0.3) is 5.89 Å². The van der Waals surface area contributed by atoms with E-state index >= 15 is 0 Å². The quantitative estimate of drug-likeness (QED) is 0.908. The maximum atomic E-state index is 5.34. The average Bonchev–Trinajstić information content (AvgIpc) is 3.09. The zero-order valence-corrected chi connectivity index (χ0v) is 10.5. The summed E-state index contributed by atoms with van der Waals surface area (Å²) in [6, 6.07) is 4.49. The fraction of sp³-hybridized carbons (Fsp3) is 0.500. The summed E-state index contributed by atoms with van der Waals surface area (Å²) in [5, 5.41) is 9.49. The molecule has 0 aromatic carbocycles. The molecule has 0 unspecified atom stereocenters. The maximum Gasteiger partial charge on any atom is 0.267 e. The van der Waals surface area contributed by atoms with Crippen molar-refractivity contribution in [2.24, 2.45) is 0 Å². The minimum Gasteiger partial charge on any atom is -0.333 e. The third kappa shape index (κ3) is 2.00. The summed E-state index contributed by atoms with van der Waals surface area (Å²) in [6.07, 6.45) is 3.58. The molecular formula is C12H15N3OS. The van der Waals surface area contributed by atoms with Gasteiger partial charge in [-0.3, -0.25) is 0 Å². The summed E-state index contributed by atoms with van der Waals surface area (Å²) >= 11 is 1.63. The lowest BCUT2D eigenvalue weighted by Gasteiger charge is -2.14. The van der Waals surface area contributed by atoms with Crippen molar-refractivity contribution in [1.82, 2.24) is 15.5 Å². The van der Waals surface area contributed by atoms with Crippen LogP contribution < -0.4 is 5.32 Å². The molecule has 5 heteroatoms. The Hall–Kier alpha value is -1.20. The molecule has 0 spiro atoms. The molecule has 2 heterocycles. The van der Waals surface area contributed by atoms with Gasteiger partial charge in [0.1, 0.15) is 0 Å². The normalized spacial score (nSPS) is 24.3. The van der Waals surface area contributed by atoms with Crippen LogP contribution in [0.2, 0.25) is 0 Å². The van der Waals surface area contributed by atoms with Crippen LogP contribution >= 0.6 is 11.3 Å². The molecule has 2 aromatic heterocycles. The predicted octanol–water partition coefficient (Wildman–Crippen LogP) is 2.65. The first-order valence-electron chi connectivity index (χ1n) is 5.93. The number of thiophene rings is 1. The molecular weight excluding hydrogens is 234 g/mol. The highest BCUT2D eigenvalue weighted by molar-refractivity contribution is 7.13. The van der Waals surface area contributed by atoms with Gasteiger partial charge < -0.3 is 9.84 Å². The number of likely N-dealkylation sites (N-methyl/N-ethyl adjacent to an activating group) is 1. The Labute approximate surface area is 104 Å². The van der Waals surface area contributed by atoms with E-state index in [4.69, 9.17) is 4.52 Å². The third-order valence-electron chi connectivity index (χ3n) is 3.39. The molecule has 1 fully saturated rings. The van der Waals surface area contributed by atoms with E-state index in [-0.39, 0.29) is 0 Å². The van der Waals surface area contributed by atoms with Crippen molar-refractivity contribution in [3.63, 3.8) is 0 Å². The highest BCUT2D eigenvalue weighted by atomic mass is 32.1. The second-order valence-electron chi connectivity index (χ2n) is 4.37. The van der Waals surface area contributed by atoms with E-state index in [1.54, 1.807) is 11.3 Å². The zero-order valence-electron chi connectivity index (χ0n) is 9.72. The van der Waals surface area contributed by atoms with Gasteiger partial charge in [0.15, 0.2) is 5.82 Å². The van der Waals surface area contributed by atoms with Crippen molar-refractivity contribution in [1.29, 1.82) is 0 Å². The van der Waals surface area contributed by atoms with Crippen molar-refractivity contribution in [3.05, 3.63) is 23.3 Å². The lowest BCUT2D eigenvalue weighted by atomic mass is 10.0. The number of rotatable bonds is 3. The molecule has 1 saturated carbocycles. The van der Waals surface area contributed by atoms with Gasteiger partial charge in [-0.2, -0.15) is 4.98 Å². The highest BCUT2D eigenvalue weighted by Crippen LogP contribution is 2.34. The van der Waals surface area contributed by atoms with Crippen LogP contribution in [0, 0.1) is 0 Å². The lowest BCUT2D eigenvalue weighted by Crippen LogP contribution is -2.28. The fourth-order valence-electron chi connectivity index (χ4n) is 2.50. The van der Waals surface area contributed by atoms with Crippen LogP contribution in [-0.4, -0.2) is 23.2 Å². The summed E-state index contributed by atoms with van der Waals surface area (Å²) < 4.78 is 5.34. The monoisotopic (exact) mass is 249 g/mol. The molecule has 0 radical (unpaired) electrons. The Morgan fingerprint density at radius 2 is 2.41 bits per heavy atom.